The fourth-order valence-corrected chi connectivity index (χ4v) is 1.61. The van der Waals surface area contributed by atoms with Gasteiger partial charge in [-0.25, -0.2) is 4.39 Å². The van der Waals surface area contributed by atoms with Gasteiger partial charge in [-0.05, 0) is 38.3 Å². The molecule has 2 heteroatoms. The molecule has 0 bridgehead atoms. The third-order valence-corrected chi connectivity index (χ3v) is 2.67. The smallest absolute Gasteiger partial charge is 0.128 e. The van der Waals surface area contributed by atoms with E-state index < -0.39 is 0 Å². The summed E-state index contributed by atoms with van der Waals surface area (Å²) in [5.74, 6) is -0.142. The highest BCUT2D eigenvalue weighted by Crippen LogP contribution is 2.17. The Bertz CT molecular complexity index is 334. The van der Waals surface area contributed by atoms with Crippen molar-refractivity contribution in [3.05, 3.63) is 42.2 Å². The van der Waals surface area contributed by atoms with Crippen LogP contribution in [0.15, 0.2) is 30.9 Å². The van der Waals surface area contributed by atoms with Gasteiger partial charge in [-0.15, -0.1) is 6.58 Å². The summed E-state index contributed by atoms with van der Waals surface area (Å²) in [5, 5.41) is 3.26. The molecule has 0 spiro atoms. The number of unbranched alkanes of at least 4 members (excludes halogenated alkanes) is 3. The van der Waals surface area contributed by atoms with Crippen LogP contribution in [0.1, 0.15) is 31.2 Å². The van der Waals surface area contributed by atoms with E-state index in [1.54, 1.807) is 13.0 Å². The fraction of sp³-hybridized carbons (Fsp3) is 0.429. The monoisotopic (exact) mass is 221 g/mol. The first-order valence-electron chi connectivity index (χ1n) is 5.85. The minimum Gasteiger partial charge on any atom is -0.385 e. The van der Waals surface area contributed by atoms with Crippen molar-refractivity contribution in [2.24, 2.45) is 0 Å². The molecule has 1 nitrogen and oxygen atoms in total. The molecule has 88 valence electrons. The Morgan fingerprint density at radius 3 is 2.88 bits per heavy atom. The number of nitrogens with one attached hydrogen (secondary N) is 1. The van der Waals surface area contributed by atoms with Gasteiger partial charge >= 0.3 is 0 Å². The van der Waals surface area contributed by atoms with Crippen molar-refractivity contribution in [1.29, 1.82) is 0 Å². The van der Waals surface area contributed by atoms with E-state index in [0.717, 1.165) is 25.1 Å². The summed E-state index contributed by atoms with van der Waals surface area (Å²) in [4.78, 5) is 0. The van der Waals surface area contributed by atoms with Crippen LogP contribution in [0.25, 0.3) is 0 Å². The van der Waals surface area contributed by atoms with Crippen molar-refractivity contribution >= 4 is 5.69 Å². The SMILES string of the molecule is C=CCCCCCNc1cccc(F)c1C. The summed E-state index contributed by atoms with van der Waals surface area (Å²) in [5.41, 5.74) is 1.61. The Morgan fingerprint density at radius 1 is 1.31 bits per heavy atom. The summed E-state index contributed by atoms with van der Waals surface area (Å²) in [6.07, 6.45) is 6.52. The molecule has 0 aliphatic carbocycles. The minimum atomic E-state index is -0.142. The Labute approximate surface area is 97.4 Å². The Kier molecular flexibility index (Phi) is 5.62. The molecule has 0 aliphatic heterocycles. The van der Waals surface area contributed by atoms with Crippen LogP contribution in [0, 0.1) is 12.7 Å². The third kappa shape index (κ3) is 4.05. The maximum absolute atomic E-state index is 13.2. The second-order valence-electron chi connectivity index (χ2n) is 3.98. The summed E-state index contributed by atoms with van der Waals surface area (Å²) in [6, 6.07) is 5.15. The summed E-state index contributed by atoms with van der Waals surface area (Å²) >= 11 is 0. The van der Waals surface area contributed by atoms with Gasteiger partial charge in [0.2, 0.25) is 0 Å². The zero-order valence-electron chi connectivity index (χ0n) is 9.93. The number of halogens is 1. The lowest BCUT2D eigenvalue weighted by Crippen LogP contribution is -2.03. The van der Waals surface area contributed by atoms with Gasteiger partial charge in [-0.1, -0.05) is 18.6 Å². The molecule has 0 aromatic heterocycles. The molecule has 0 saturated carbocycles. The standard InChI is InChI=1S/C14H20FN/c1-3-4-5-6-7-11-16-14-10-8-9-13(15)12(14)2/h3,8-10,16H,1,4-7,11H2,2H3. The highest BCUT2D eigenvalue weighted by atomic mass is 19.1. The first kappa shape index (κ1) is 12.8. The van der Waals surface area contributed by atoms with Crippen LogP contribution in [0.5, 0.6) is 0 Å². The highest BCUT2D eigenvalue weighted by molar-refractivity contribution is 5.50. The zero-order valence-corrected chi connectivity index (χ0v) is 9.93. The van der Waals surface area contributed by atoms with Gasteiger partial charge in [0.05, 0.1) is 0 Å². The third-order valence-electron chi connectivity index (χ3n) is 2.67. The number of anilines is 1. The van der Waals surface area contributed by atoms with Gasteiger partial charge in [-0.2, -0.15) is 0 Å². The van der Waals surface area contributed by atoms with Crippen LogP contribution < -0.4 is 5.32 Å². The fourth-order valence-electron chi connectivity index (χ4n) is 1.61. The normalized spacial score (nSPS) is 10.1. The average Bonchev–Trinajstić information content (AvgIpc) is 2.29. The van der Waals surface area contributed by atoms with Crippen molar-refractivity contribution in [3.8, 4) is 0 Å². The van der Waals surface area contributed by atoms with Crippen LogP contribution in [-0.4, -0.2) is 6.54 Å². The first-order valence-corrected chi connectivity index (χ1v) is 5.85. The zero-order chi connectivity index (χ0) is 11.8. The van der Waals surface area contributed by atoms with E-state index in [0.29, 0.717) is 5.56 Å². The summed E-state index contributed by atoms with van der Waals surface area (Å²) in [6.45, 7) is 6.40. The van der Waals surface area contributed by atoms with Crippen molar-refractivity contribution in [2.45, 2.75) is 32.6 Å². The molecule has 0 fully saturated rings. The van der Waals surface area contributed by atoms with Gasteiger partial charge in [0, 0.05) is 17.8 Å². The van der Waals surface area contributed by atoms with Crippen LogP contribution >= 0.6 is 0 Å². The topological polar surface area (TPSA) is 12.0 Å². The predicted molar refractivity (Wildman–Crippen MR) is 68.3 cm³/mol. The van der Waals surface area contributed by atoms with E-state index in [2.05, 4.69) is 11.9 Å². The second-order valence-corrected chi connectivity index (χ2v) is 3.98. The van der Waals surface area contributed by atoms with E-state index in [9.17, 15) is 4.39 Å². The van der Waals surface area contributed by atoms with Gasteiger partial charge in [0.15, 0.2) is 0 Å². The lowest BCUT2D eigenvalue weighted by atomic mass is 10.1. The number of hydrogen-bond donors (Lipinski definition) is 1. The molecule has 0 amide bonds. The van der Waals surface area contributed by atoms with E-state index >= 15 is 0 Å². The number of benzene rings is 1. The van der Waals surface area contributed by atoms with Gasteiger partial charge < -0.3 is 5.32 Å². The molecule has 0 saturated heterocycles. The Morgan fingerprint density at radius 2 is 2.12 bits per heavy atom. The summed E-state index contributed by atoms with van der Waals surface area (Å²) < 4.78 is 13.2. The maximum atomic E-state index is 13.2. The second kappa shape index (κ2) is 7.04. The van der Waals surface area contributed by atoms with Crippen LogP contribution in [-0.2, 0) is 0 Å². The average molecular weight is 221 g/mol. The first-order chi connectivity index (χ1) is 7.75. The number of rotatable bonds is 7. The molecule has 1 aromatic rings. The Hall–Kier alpha value is -1.31. The van der Waals surface area contributed by atoms with Crippen LogP contribution in [0.4, 0.5) is 10.1 Å². The van der Waals surface area contributed by atoms with Gasteiger partial charge in [0.1, 0.15) is 5.82 Å². The van der Waals surface area contributed by atoms with Crippen molar-refractivity contribution < 1.29 is 4.39 Å². The van der Waals surface area contributed by atoms with Crippen molar-refractivity contribution in [3.63, 3.8) is 0 Å². The molecule has 0 heterocycles. The minimum absolute atomic E-state index is 0.142. The predicted octanol–water partition coefficient (Wildman–Crippen LogP) is 4.29. The molecule has 1 aromatic carbocycles. The maximum Gasteiger partial charge on any atom is 0.128 e. The van der Waals surface area contributed by atoms with Crippen molar-refractivity contribution in [2.75, 3.05) is 11.9 Å². The lowest BCUT2D eigenvalue weighted by molar-refractivity contribution is 0.618. The molecule has 1 rings (SSSR count). The molecular weight excluding hydrogens is 201 g/mol. The van der Waals surface area contributed by atoms with Gasteiger partial charge in [0.25, 0.3) is 0 Å². The van der Waals surface area contributed by atoms with Crippen LogP contribution in [0.2, 0.25) is 0 Å². The van der Waals surface area contributed by atoms with E-state index in [1.807, 2.05) is 12.1 Å². The van der Waals surface area contributed by atoms with Crippen LogP contribution in [0.3, 0.4) is 0 Å². The highest BCUT2D eigenvalue weighted by Gasteiger charge is 2.01. The van der Waals surface area contributed by atoms with E-state index in [4.69, 9.17) is 0 Å². The molecular formula is C14H20FN. The van der Waals surface area contributed by atoms with E-state index in [1.165, 1.54) is 18.9 Å². The lowest BCUT2D eigenvalue weighted by Gasteiger charge is -2.09. The molecule has 16 heavy (non-hydrogen) atoms. The number of hydrogen-bond acceptors (Lipinski definition) is 1. The van der Waals surface area contributed by atoms with Crippen molar-refractivity contribution in [1.82, 2.24) is 0 Å². The largest absolute Gasteiger partial charge is 0.385 e. The quantitative estimate of drug-likeness (QED) is 0.535. The Balaban J connectivity index is 2.26. The molecule has 0 unspecified atom stereocenters. The summed E-state index contributed by atoms with van der Waals surface area (Å²) in [7, 11) is 0. The van der Waals surface area contributed by atoms with E-state index in [-0.39, 0.29) is 5.82 Å². The molecule has 0 atom stereocenters. The number of allylic oxidation sites excluding steroid dienone is 1. The molecule has 1 N–H and O–H groups in total. The molecule has 0 radical (unpaired) electrons. The molecule has 0 aliphatic rings. The van der Waals surface area contributed by atoms with Gasteiger partial charge in [-0.3, -0.25) is 0 Å².